The van der Waals surface area contributed by atoms with E-state index in [9.17, 15) is 4.79 Å². The summed E-state index contributed by atoms with van der Waals surface area (Å²) < 4.78 is 5.14. The van der Waals surface area contributed by atoms with Crippen LogP contribution in [0.3, 0.4) is 0 Å². The Morgan fingerprint density at radius 2 is 2.21 bits per heavy atom. The Labute approximate surface area is 144 Å². The third kappa shape index (κ3) is 3.79. The van der Waals surface area contributed by atoms with Crippen LogP contribution in [0.2, 0.25) is 0 Å². The molecule has 1 spiro atoms. The summed E-state index contributed by atoms with van der Waals surface area (Å²) in [7, 11) is 3.89. The first-order valence-corrected chi connectivity index (χ1v) is 8.81. The Morgan fingerprint density at radius 3 is 2.96 bits per heavy atom. The molecule has 0 aliphatic carbocycles. The molecule has 0 saturated carbocycles. The van der Waals surface area contributed by atoms with Gasteiger partial charge in [0.25, 0.3) is 0 Å². The highest BCUT2D eigenvalue weighted by Gasteiger charge is 2.42. The predicted molar refractivity (Wildman–Crippen MR) is 91.5 cm³/mol. The zero-order valence-electron chi connectivity index (χ0n) is 14.8. The third-order valence-electron chi connectivity index (χ3n) is 5.58. The van der Waals surface area contributed by atoms with Crippen LogP contribution in [0, 0.1) is 0 Å². The standard InChI is InChI=1S/C17H29N5O2/c1-20-9-10-21(13-15-18-6-7-19-15)14-17(20)4-3-16(23)22(8-5-17)11-12-24-2/h6-7H,3-5,8-14H2,1-2H3,(H,18,19)/t17-/m0/s1. The Bertz CT molecular complexity index is 535. The van der Waals surface area contributed by atoms with Crippen molar-refractivity contribution >= 4 is 5.91 Å². The SMILES string of the molecule is COCCN1CC[C@@]2(CCC1=O)CN(Cc1ncc[nH]1)CCN2C. The number of likely N-dealkylation sites (tertiary alicyclic amines) is 1. The molecule has 0 aromatic carbocycles. The van der Waals surface area contributed by atoms with E-state index >= 15 is 0 Å². The molecule has 1 aromatic rings. The fourth-order valence-corrected chi connectivity index (χ4v) is 3.94. The van der Waals surface area contributed by atoms with E-state index in [2.05, 4.69) is 26.8 Å². The number of likely N-dealkylation sites (N-methyl/N-ethyl adjacent to an activating group) is 1. The Balaban J connectivity index is 1.66. The van der Waals surface area contributed by atoms with Crippen LogP contribution in [0.5, 0.6) is 0 Å². The molecule has 3 rings (SSSR count). The van der Waals surface area contributed by atoms with E-state index in [-0.39, 0.29) is 11.4 Å². The van der Waals surface area contributed by atoms with E-state index in [1.807, 2.05) is 11.1 Å². The van der Waals surface area contributed by atoms with Gasteiger partial charge in [-0.2, -0.15) is 0 Å². The lowest BCUT2D eigenvalue weighted by molar-refractivity contribution is -0.131. The third-order valence-corrected chi connectivity index (χ3v) is 5.58. The molecule has 0 radical (unpaired) electrons. The van der Waals surface area contributed by atoms with E-state index < -0.39 is 0 Å². The normalized spacial score (nSPS) is 26.9. The van der Waals surface area contributed by atoms with Gasteiger partial charge in [0, 0.05) is 64.2 Å². The summed E-state index contributed by atoms with van der Waals surface area (Å²) in [6, 6.07) is 0. The minimum absolute atomic E-state index is 0.0856. The van der Waals surface area contributed by atoms with Crippen molar-refractivity contribution in [1.29, 1.82) is 0 Å². The van der Waals surface area contributed by atoms with Crippen LogP contribution in [0.15, 0.2) is 12.4 Å². The van der Waals surface area contributed by atoms with Crippen LogP contribution < -0.4 is 0 Å². The summed E-state index contributed by atoms with van der Waals surface area (Å²) in [6.07, 6.45) is 6.26. The van der Waals surface area contributed by atoms with Gasteiger partial charge in [0.15, 0.2) is 0 Å². The summed E-state index contributed by atoms with van der Waals surface area (Å²) in [6.45, 7) is 6.05. The lowest BCUT2D eigenvalue weighted by Gasteiger charge is -2.49. The van der Waals surface area contributed by atoms with Crippen LogP contribution in [0.4, 0.5) is 0 Å². The number of ether oxygens (including phenoxy) is 1. The van der Waals surface area contributed by atoms with Crippen molar-refractivity contribution in [2.24, 2.45) is 0 Å². The molecule has 0 bridgehead atoms. The molecule has 1 amide bonds. The summed E-state index contributed by atoms with van der Waals surface area (Å²) in [5.41, 5.74) is 0.0856. The predicted octanol–water partition coefficient (Wildman–Crippen LogP) is 0.555. The molecule has 1 atom stereocenters. The number of imidazole rings is 1. The molecule has 2 saturated heterocycles. The van der Waals surface area contributed by atoms with Gasteiger partial charge in [-0.15, -0.1) is 0 Å². The highest BCUT2D eigenvalue weighted by molar-refractivity contribution is 5.76. The number of aromatic amines is 1. The molecule has 134 valence electrons. The van der Waals surface area contributed by atoms with Crippen molar-refractivity contribution in [2.75, 3.05) is 53.5 Å². The van der Waals surface area contributed by atoms with Gasteiger partial charge in [-0.05, 0) is 19.9 Å². The summed E-state index contributed by atoms with van der Waals surface area (Å²) >= 11 is 0. The van der Waals surface area contributed by atoms with Crippen LogP contribution >= 0.6 is 0 Å². The van der Waals surface area contributed by atoms with Crippen molar-refractivity contribution in [2.45, 2.75) is 31.3 Å². The summed E-state index contributed by atoms with van der Waals surface area (Å²) in [5, 5.41) is 0. The van der Waals surface area contributed by atoms with Gasteiger partial charge in [-0.1, -0.05) is 0 Å². The van der Waals surface area contributed by atoms with E-state index in [1.165, 1.54) is 0 Å². The van der Waals surface area contributed by atoms with Crippen LogP contribution in [0.1, 0.15) is 25.1 Å². The van der Waals surface area contributed by atoms with Crippen molar-refractivity contribution in [3.63, 3.8) is 0 Å². The number of piperazine rings is 1. The van der Waals surface area contributed by atoms with Gasteiger partial charge < -0.3 is 14.6 Å². The molecule has 1 N–H and O–H groups in total. The second kappa shape index (κ2) is 7.63. The molecule has 24 heavy (non-hydrogen) atoms. The molecule has 7 nitrogen and oxygen atoms in total. The minimum atomic E-state index is 0.0856. The fourth-order valence-electron chi connectivity index (χ4n) is 3.94. The number of nitrogens with one attached hydrogen (secondary N) is 1. The topological polar surface area (TPSA) is 64.7 Å². The minimum Gasteiger partial charge on any atom is -0.383 e. The smallest absolute Gasteiger partial charge is 0.222 e. The molecule has 1 aromatic heterocycles. The first kappa shape index (κ1) is 17.4. The number of carbonyl (C=O) groups is 1. The van der Waals surface area contributed by atoms with Gasteiger partial charge >= 0.3 is 0 Å². The van der Waals surface area contributed by atoms with Gasteiger partial charge in [0.05, 0.1) is 13.2 Å². The van der Waals surface area contributed by atoms with E-state index in [4.69, 9.17) is 4.74 Å². The largest absolute Gasteiger partial charge is 0.383 e. The Morgan fingerprint density at radius 1 is 1.33 bits per heavy atom. The average molecular weight is 335 g/mol. The fraction of sp³-hybridized carbons (Fsp3) is 0.765. The van der Waals surface area contributed by atoms with E-state index in [1.54, 1.807) is 13.3 Å². The average Bonchev–Trinajstić information content (AvgIpc) is 3.03. The van der Waals surface area contributed by atoms with Gasteiger partial charge in [0.1, 0.15) is 5.82 Å². The lowest BCUT2D eigenvalue weighted by Crippen LogP contribution is -2.60. The quantitative estimate of drug-likeness (QED) is 0.852. The first-order valence-electron chi connectivity index (χ1n) is 8.81. The molecule has 7 heteroatoms. The maximum atomic E-state index is 12.4. The van der Waals surface area contributed by atoms with Gasteiger partial charge in [0.2, 0.25) is 5.91 Å². The van der Waals surface area contributed by atoms with E-state index in [0.29, 0.717) is 19.6 Å². The number of hydrogen-bond donors (Lipinski definition) is 1. The molecular weight excluding hydrogens is 306 g/mol. The lowest BCUT2D eigenvalue weighted by atomic mass is 9.86. The van der Waals surface area contributed by atoms with Crippen LogP contribution in [-0.4, -0.2) is 89.6 Å². The van der Waals surface area contributed by atoms with Gasteiger partial charge in [-0.3, -0.25) is 14.6 Å². The monoisotopic (exact) mass is 335 g/mol. The number of methoxy groups -OCH3 is 1. The number of nitrogens with zero attached hydrogens (tertiary/aromatic N) is 4. The molecule has 2 aliphatic heterocycles. The number of hydrogen-bond acceptors (Lipinski definition) is 5. The molecule has 3 heterocycles. The number of aromatic nitrogens is 2. The molecular formula is C17H29N5O2. The maximum Gasteiger partial charge on any atom is 0.222 e. The maximum absolute atomic E-state index is 12.4. The Kier molecular flexibility index (Phi) is 5.53. The van der Waals surface area contributed by atoms with Crippen molar-refractivity contribution < 1.29 is 9.53 Å². The number of carbonyl (C=O) groups excluding carboxylic acids is 1. The highest BCUT2D eigenvalue weighted by atomic mass is 16.5. The second-order valence-corrected chi connectivity index (χ2v) is 7.02. The first-order chi connectivity index (χ1) is 11.6. The van der Waals surface area contributed by atoms with Crippen molar-refractivity contribution in [3.05, 3.63) is 18.2 Å². The van der Waals surface area contributed by atoms with Crippen molar-refractivity contribution in [3.8, 4) is 0 Å². The summed E-state index contributed by atoms with van der Waals surface area (Å²) in [4.78, 5) is 26.9. The van der Waals surface area contributed by atoms with Crippen LogP contribution in [0.25, 0.3) is 0 Å². The Hall–Kier alpha value is -1.44. The van der Waals surface area contributed by atoms with Crippen molar-refractivity contribution in [1.82, 2.24) is 24.7 Å². The summed E-state index contributed by atoms with van der Waals surface area (Å²) in [5.74, 6) is 1.28. The van der Waals surface area contributed by atoms with Gasteiger partial charge in [-0.25, -0.2) is 4.98 Å². The zero-order chi connectivity index (χ0) is 17.0. The number of H-pyrrole nitrogens is 1. The molecule has 2 aliphatic rings. The molecule has 0 unspecified atom stereocenters. The van der Waals surface area contributed by atoms with Crippen LogP contribution in [-0.2, 0) is 16.1 Å². The zero-order valence-corrected chi connectivity index (χ0v) is 14.8. The second-order valence-electron chi connectivity index (χ2n) is 7.02. The number of rotatable bonds is 5. The molecule has 2 fully saturated rings. The van der Waals surface area contributed by atoms with E-state index in [0.717, 1.165) is 51.4 Å². The highest BCUT2D eigenvalue weighted by Crippen LogP contribution is 2.32. The number of amides is 1.